The number of amides is 1. The van der Waals surface area contributed by atoms with Gasteiger partial charge < -0.3 is 14.5 Å². The normalized spacial score (nSPS) is 14.4. The third-order valence-corrected chi connectivity index (χ3v) is 4.49. The van der Waals surface area contributed by atoms with E-state index in [2.05, 4.69) is 4.90 Å². The smallest absolute Gasteiger partial charge is 0.256 e. The van der Waals surface area contributed by atoms with E-state index in [-0.39, 0.29) is 5.56 Å². The SMILES string of the molecule is CN(Cc1ccccc1N1CCOCC1)C(=O)c1cc(Cl)ccc1F. The molecular formula is C19H20ClFN2O2. The van der Waals surface area contributed by atoms with Crippen LogP contribution in [0.5, 0.6) is 0 Å². The Balaban J connectivity index is 1.80. The number of halogens is 2. The van der Waals surface area contributed by atoms with E-state index in [4.69, 9.17) is 16.3 Å². The number of anilines is 1. The number of rotatable bonds is 4. The minimum atomic E-state index is -0.567. The van der Waals surface area contributed by atoms with Crippen molar-refractivity contribution < 1.29 is 13.9 Å². The summed E-state index contributed by atoms with van der Waals surface area (Å²) >= 11 is 5.90. The molecule has 1 fully saturated rings. The van der Waals surface area contributed by atoms with Crippen molar-refractivity contribution in [2.45, 2.75) is 6.54 Å². The average molecular weight is 363 g/mol. The first-order valence-electron chi connectivity index (χ1n) is 8.17. The molecule has 1 amide bonds. The van der Waals surface area contributed by atoms with Gasteiger partial charge in [-0.25, -0.2) is 4.39 Å². The molecule has 1 saturated heterocycles. The maximum atomic E-state index is 14.0. The minimum absolute atomic E-state index is 0.0150. The van der Waals surface area contributed by atoms with Gasteiger partial charge in [-0.2, -0.15) is 0 Å². The lowest BCUT2D eigenvalue weighted by Gasteiger charge is -2.31. The van der Waals surface area contributed by atoms with Gasteiger partial charge in [-0.15, -0.1) is 0 Å². The molecule has 1 aliphatic heterocycles. The molecule has 2 aromatic carbocycles. The fraction of sp³-hybridized carbons (Fsp3) is 0.316. The van der Waals surface area contributed by atoms with E-state index in [1.807, 2.05) is 24.3 Å². The van der Waals surface area contributed by atoms with Crippen molar-refractivity contribution in [2.24, 2.45) is 0 Å². The van der Waals surface area contributed by atoms with E-state index >= 15 is 0 Å². The van der Waals surface area contributed by atoms with Gasteiger partial charge in [-0.05, 0) is 29.8 Å². The summed E-state index contributed by atoms with van der Waals surface area (Å²) in [5.41, 5.74) is 2.08. The van der Waals surface area contributed by atoms with Crippen LogP contribution in [0.1, 0.15) is 15.9 Å². The van der Waals surface area contributed by atoms with E-state index < -0.39 is 11.7 Å². The Kier molecular flexibility index (Phi) is 5.56. The highest BCUT2D eigenvalue weighted by Gasteiger charge is 2.20. The van der Waals surface area contributed by atoms with Gasteiger partial charge in [-0.1, -0.05) is 29.8 Å². The molecule has 25 heavy (non-hydrogen) atoms. The van der Waals surface area contributed by atoms with Crippen molar-refractivity contribution in [3.8, 4) is 0 Å². The number of hydrogen-bond donors (Lipinski definition) is 0. The molecule has 0 atom stereocenters. The summed E-state index contributed by atoms with van der Waals surface area (Å²) in [6, 6.07) is 12.0. The number of para-hydroxylation sites is 1. The van der Waals surface area contributed by atoms with E-state index in [0.717, 1.165) is 24.3 Å². The number of morpholine rings is 1. The van der Waals surface area contributed by atoms with Crippen LogP contribution < -0.4 is 4.90 Å². The van der Waals surface area contributed by atoms with Crippen molar-refractivity contribution in [1.82, 2.24) is 4.90 Å². The van der Waals surface area contributed by atoms with Crippen LogP contribution in [0.2, 0.25) is 5.02 Å². The van der Waals surface area contributed by atoms with Gasteiger partial charge in [0.05, 0.1) is 18.8 Å². The van der Waals surface area contributed by atoms with E-state index in [9.17, 15) is 9.18 Å². The molecule has 0 radical (unpaired) electrons. The largest absolute Gasteiger partial charge is 0.378 e. The Labute approximate surface area is 151 Å². The van der Waals surface area contributed by atoms with E-state index in [1.54, 1.807) is 7.05 Å². The second-order valence-electron chi connectivity index (χ2n) is 6.01. The average Bonchev–Trinajstić information content (AvgIpc) is 2.64. The Hall–Kier alpha value is -2.11. The summed E-state index contributed by atoms with van der Waals surface area (Å²) in [4.78, 5) is 16.4. The summed E-state index contributed by atoms with van der Waals surface area (Å²) in [6.07, 6.45) is 0. The third kappa shape index (κ3) is 4.11. The fourth-order valence-corrected chi connectivity index (χ4v) is 3.12. The molecule has 6 heteroatoms. The van der Waals surface area contributed by atoms with E-state index in [0.29, 0.717) is 24.8 Å². The zero-order valence-corrected chi connectivity index (χ0v) is 14.8. The molecule has 0 unspecified atom stereocenters. The lowest BCUT2D eigenvalue weighted by Crippen LogP contribution is -2.37. The molecule has 132 valence electrons. The third-order valence-electron chi connectivity index (χ3n) is 4.26. The standard InChI is InChI=1S/C19H20ClFN2O2/c1-22(19(24)16-12-15(20)6-7-17(16)21)13-14-4-2-3-5-18(14)23-8-10-25-11-9-23/h2-7,12H,8-11,13H2,1H3. The second kappa shape index (κ2) is 7.85. The number of benzene rings is 2. The van der Waals surface area contributed by atoms with Gasteiger partial charge in [0.15, 0.2) is 0 Å². The molecule has 0 spiro atoms. The minimum Gasteiger partial charge on any atom is -0.378 e. The molecule has 1 aliphatic rings. The van der Waals surface area contributed by atoms with Crippen LogP contribution in [0.3, 0.4) is 0 Å². The molecule has 0 aliphatic carbocycles. The van der Waals surface area contributed by atoms with Crippen molar-refractivity contribution in [2.75, 3.05) is 38.3 Å². The maximum absolute atomic E-state index is 14.0. The highest BCUT2D eigenvalue weighted by Crippen LogP contribution is 2.24. The van der Waals surface area contributed by atoms with Crippen LogP contribution >= 0.6 is 11.6 Å². The topological polar surface area (TPSA) is 32.8 Å². The highest BCUT2D eigenvalue weighted by atomic mass is 35.5. The van der Waals surface area contributed by atoms with Crippen LogP contribution in [0.25, 0.3) is 0 Å². The molecule has 4 nitrogen and oxygen atoms in total. The van der Waals surface area contributed by atoms with Crippen LogP contribution in [0.15, 0.2) is 42.5 Å². The number of ether oxygens (including phenoxy) is 1. The molecule has 0 aromatic heterocycles. The van der Waals surface area contributed by atoms with Crippen LogP contribution in [-0.4, -0.2) is 44.2 Å². The van der Waals surface area contributed by atoms with Gasteiger partial charge in [0.25, 0.3) is 5.91 Å². The summed E-state index contributed by atoms with van der Waals surface area (Å²) in [5.74, 6) is -0.959. The number of carbonyl (C=O) groups excluding carboxylic acids is 1. The molecule has 0 N–H and O–H groups in total. The zero-order chi connectivity index (χ0) is 17.8. The van der Waals surface area contributed by atoms with Gasteiger partial charge >= 0.3 is 0 Å². The molecule has 2 aromatic rings. The summed E-state index contributed by atoms with van der Waals surface area (Å²) in [6.45, 7) is 3.40. The first-order chi connectivity index (χ1) is 12.1. The van der Waals surface area contributed by atoms with Crippen molar-refractivity contribution in [3.63, 3.8) is 0 Å². The zero-order valence-electron chi connectivity index (χ0n) is 14.0. The number of hydrogen-bond acceptors (Lipinski definition) is 3. The second-order valence-corrected chi connectivity index (χ2v) is 6.45. The Morgan fingerprint density at radius 3 is 2.72 bits per heavy atom. The molecule has 3 rings (SSSR count). The van der Waals surface area contributed by atoms with Crippen molar-refractivity contribution in [3.05, 3.63) is 64.4 Å². The molecular weight excluding hydrogens is 343 g/mol. The van der Waals surface area contributed by atoms with Gasteiger partial charge in [-0.3, -0.25) is 4.79 Å². The first kappa shape index (κ1) is 17.7. The quantitative estimate of drug-likeness (QED) is 0.833. The van der Waals surface area contributed by atoms with Gasteiger partial charge in [0, 0.05) is 37.4 Å². The maximum Gasteiger partial charge on any atom is 0.256 e. The first-order valence-corrected chi connectivity index (χ1v) is 8.55. The Bertz CT molecular complexity index is 763. The highest BCUT2D eigenvalue weighted by molar-refractivity contribution is 6.31. The lowest BCUT2D eigenvalue weighted by atomic mass is 10.1. The predicted octanol–water partition coefficient (Wildman–Crippen LogP) is 3.59. The Morgan fingerprint density at radius 1 is 1.24 bits per heavy atom. The summed E-state index contributed by atoms with van der Waals surface area (Å²) < 4.78 is 19.4. The van der Waals surface area contributed by atoms with Gasteiger partial charge in [0.1, 0.15) is 5.82 Å². The molecule has 0 bridgehead atoms. The van der Waals surface area contributed by atoms with E-state index in [1.165, 1.54) is 23.1 Å². The van der Waals surface area contributed by atoms with Gasteiger partial charge in [0.2, 0.25) is 0 Å². The predicted molar refractivity (Wildman–Crippen MR) is 96.7 cm³/mol. The van der Waals surface area contributed by atoms with Crippen LogP contribution in [0, 0.1) is 5.82 Å². The fourth-order valence-electron chi connectivity index (χ4n) is 2.95. The summed E-state index contributed by atoms with van der Waals surface area (Å²) in [7, 11) is 1.67. The van der Waals surface area contributed by atoms with Crippen molar-refractivity contribution in [1.29, 1.82) is 0 Å². The monoisotopic (exact) mass is 362 g/mol. The molecule has 0 saturated carbocycles. The lowest BCUT2D eigenvalue weighted by molar-refractivity contribution is 0.0780. The number of carbonyl (C=O) groups is 1. The van der Waals surface area contributed by atoms with Crippen LogP contribution in [-0.2, 0) is 11.3 Å². The number of nitrogens with zero attached hydrogens (tertiary/aromatic N) is 2. The summed E-state index contributed by atoms with van der Waals surface area (Å²) in [5, 5.41) is 0.340. The van der Waals surface area contributed by atoms with Crippen molar-refractivity contribution >= 4 is 23.2 Å². The van der Waals surface area contributed by atoms with Crippen LogP contribution in [0.4, 0.5) is 10.1 Å². The molecule has 1 heterocycles. The Morgan fingerprint density at radius 2 is 1.96 bits per heavy atom.